The number of ether oxygens (including phenoxy) is 1. The van der Waals surface area contributed by atoms with Crippen LogP contribution in [0.3, 0.4) is 0 Å². The Labute approximate surface area is 165 Å². The molecule has 0 bridgehead atoms. The number of hydrogen-bond acceptors (Lipinski definition) is 3. The van der Waals surface area contributed by atoms with Crippen molar-refractivity contribution < 1.29 is 36.1 Å². The van der Waals surface area contributed by atoms with Crippen LogP contribution >= 0.6 is 0 Å². The number of hydrogen-bond donors (Lipinski definition) is 1. The van der Waals surface area contributed by atoms with E-state index in [1.807, 2.05) is 13.8 Å². The summed E-state index contributed by atoms with van der Waals surface area (Å²) in [5.74, 6) is -0.268. The maximum absolute atomic E-state index is 12.9. The van der Waals surface area contributed by atoms with Gasteiger partial charge in [-0.1, -0.05) is 33.1 Å². The Morgan fingerprint density at radius 1 is 1.12 bits per heavy atom. The number of quaternary nitrogens is 1. The Balaban J connectivity index is 0.00000576. The lowest BCUT2D eigenvalue weighted by atomic mass is 9.70. The zero-order chi connectivity index (χ0) is 18.2. The molecule has 0 heterocycles. The van der Waals surface area contributed by atoms with Crippen LogP contribution in [0.5, 0.6) is 0 Å². The van der Waals surface area contributed by atoms with Crippen molar-refractivity contribution in [3.63, 3.8) is 0 Å². The number of nitrogens with zero attached hydrogens (tertiary/aromatic N) is 1. The number of rotatable bonds is 10. The molecule has 1 N–H and O–H groups in total. The summed E-state index contributed by atoms with van der Waals surface area (Å²) in [6.45, 7) is 11.7. The van der Waals surface area contributed by atoms with Gasteiger partial charge >= 0.3 is 5.97 Å². The summed E-state index contributed by atoms with van der Waals surface area (Å²) in [4.78, 5) is 12.9. The third-order valence-corrected chi connectivity index (χ3v) is 6.58. The lowest BCUT2D eigenvalue weighted by molar-refractivity contribution is -0.906. The first-order chi connectivity index (χ1) is 11.4. The van der Waals surface area contributed by atoms with Crippen molar-refractivity contribution in [2.45, 2.75) is 78.2 Å². The van der Waals surface area contributed by atoms with Crippen molar-refractivity contribution in [2.75, 3.05) is 33.3 Å². The van der Waals surface area contributed by atoms with Gasteiger partial charge < -0.3 is 31.3 Å². The molecule has 1 aliphatic carbocycles. The minimum Gasteiger partial charge on any atom is -1.00 e. The molecule has 0 aromatic carbocycles. The van der Waals surface area contributed by atoms with Crippen LogP contribution in [0.15, 0.2) is 0 Å². The van der Waals surface area contributed by atoms with E-state index >= 15 is 0 Å². The van der Waals surface area contributed by atoms with Crippen LogP contribution < -0.4 is 17.0 Å². The standard InChI is InChI=1S/C20H40NO3.BrH/c1-6-20(23,7-2)18(17-13-11-10-12-14-17)19(22)24-16-15-21(5,8-3)9-4;/h17-18,23H,6-16H2,1-5H3;1H/q+1;/p-1. The van der Waals surface area contributed by atoms with Crippen molar-refractivity contribution >= 4 is 5.97 Å². The van der Waals surface area contributed by atoms with E-state index < -0.39 is 5.60 Å². The molecule has 150 valence electrons. The Hall–Kier alpha value is -0.130. The maximum Gasteiger partial charge on any atom is 0.312 e. The number of carbonyl (C=O) groups is 1. The number of halogens is 1. The van der Waals surface area contributed by atoms with Gasteiger partial charge in [-0.25, -0.2) is 0 Å². The highest BCUT2D eigenvalue weighted by Gasteiger charge is 2.45. The fourth-order valence-corrected chi connectivity index (χ4v) is 4.00. The first-order valence-corrected chi connectivity index (χ1v) is 10.1. The normalized spacial score (nSPS) is 17.7. The predicted octanol–water partition coefficient (Wildman–Crippen LogP) is 0.768. The second-order valence-corrected chi connectivity index (χ2v) is 7.83. The summed E-state index contributed by atoms with van der Waals surface area (Å²) in [5, 5.41) is 11.1. The van der Waals surface area contributed by atoms with Gasteiger partial charge in [0, 0.05) is 0 Å². The molecule has 0 radical (unpaired) electrons. The highest BCUT2D eigenvalue weighted by Crippen LogP contribution is 2.39. The van der Waals surface area contributed by atoms with E-state index in [2.05, 4.69) is 20.9 Å². The van der Waals surface area contributed by atoms with Gasteiger partial charge in [-0.05, 0) is 45.4 Å². The molecule has 1 rings (SSSR count). The van der Waals surface area contributed by atoms with Crippen molar-refractivity contribution in [1.82, 2.24) is 0 Å². The number of carbonyl (C=O) groups excluding carboxylic acids is 1. The van der Waals surface area contributed by atoms with Crippen molar-refractivity contribution in [2.24, 2.45) is 11.8 Å². The van der Waals surface area contributed by atoms with Gasteiger partial charge in [-0.2, -0.15) is 0 Å². The Bertz CT molecular complexity index is 375. The number of aliphatic hydroxyl groups is 1. The quantitative estimate of drug-likeness (QED) is 0.418. The molecular weight excluding hydrogens is 382 g/mol. The minimum absolute atomic E-state index is 0. The second-order valence-electron chi connectivity index (χ2n) is 7.83. The highest BCUT2D eigenvalue weighted by atomic mass is 79.9. The van der Waals surface area contributed by atoms with Crippen LogP contribution in [0.2, 0.25) is 0 Å². The van der Waals surface area contributed by atoms with Gasteiger partial charge in [-0.3, -0.25) is 4.79 Å². The first kappa shape index (κ1) is 24.9. The van der Waals surface area contributed by atoms with Crippen LogP contribution in [0.1, 0.15) is 72.6 Å². The maximum atomic E-state index is 12.9. The first-order valence-electron chi connectivity index (χ1n) is 10.1. The van der Waals surface area contributed by atoms with E-state index in [1.54, 1.807) is 0 Å². The topological polar surface area (TPSA) is 46.5 Å². The molecule has 1 atom stereocenters. The molecule has 0 aliphatic heterocycles. The zero-order valence-corrected chi connectivity index (χ0v) is 18.6. The van der Waals surface area contributed by atoms with E-state index in [-0.39, 0.29) is 34.8 Å². The van der Waals surface area contributed by atoms with Crippen molar-refractivity contribution in [3.05, 3.63) is 0 Å². The highest BCUT2D eigenvalue weighted by molar-refractivity contribution is 5.74. The average molecular weight is 422 g/mol. The lowest BCUT2D eigenvalue weighted by Gasteiger charge is -2.40. The van der Waals surface area contributed by atoms with Gasteiger partial charge in [0.05, 0.1) is 31.7 Å². The van der Waals surface area contributed by atoms with E-state index in [9.17, 15) is 9.90 Å². The Kier molecular flexibility index (Phi) is 11.5. The molecule has 0 aromatic heterocycles. The number of esters is 1. The predicted molar refractivity (Wildman–Crippen MR) is 98.7 cm³/mol. The van der Waals surface area contributed by atoms with Gasteiger partial charge in [0.1, 0.15) is 13.2 Å². The van der Waals surface area contributed by atoms with Crippen LogP contribution in [0, 0.1) is 11.8 Å². The zero-order valence-electron chi connectivity index (χ0n) is 17.0. The molecule has 0 aromatic rings. The molecule has 4 nitrogen and oxygen atoms in total. The largest absolute Gasteiger partial charge is 1.00 e. The minimum atomic E-state index is -0.924. The van der Waals surface area contributed by atoms with Crippen LogP contribution in [0.4, 0.5) is 0 Å². The third-order valence-electron chi connectivity index (χ3n) is 6.58. The molecule has 25 heavy (non-hydrogen) atoms. The molecule has 0 amide bonds. The molecular formula is C20H40BrNO3. The summed E-state index contributed by atoms with van der Waals surface area (Å²) in [6.07, 6.45) is 6.88. The molecule has 0 spiro atoms. The van der Waals surface area contributed by atoms with Gasteiger partial charge in [0.2, 0.25) is 0 Å². The molecule has 1 fully saturated rings. The van der Waals surface area contributed by atoms with Crippen molar-refractivity contribution in [3.8, 4) is 0 Å². The lowest BCUT2D eigenvalue weighted by Crippen LogP contribution is -3.00. The summed E-state index contributed by atoms with van der Waals surface area (Å²) >= 11 is 0. The van der Waals surface area contributed by atoms with E-state index in [0.29, 0.717) is 19.4 Å². The summed E-state index contributed by atoms with van der Waals surface area (Å²) in [6, 6.07) is 0. The molecule has 1 aliphatic rings. The average Bonchev–Trinajstić information content (AvgIpc) is 2.62. The Morgan fingerprint density at radius 2 is 1.64 bits per heavy atom. The fourth-order valence-electron chi connectivity index (χ4n) is 4.00. The molecule has 5 heteroatoms. The second kappa shape index (κ2) is 11.6. The van der Waals surface area contributed by atoms with E-state index in [1.165, 1.54) is 19.3 Å². The SMILES string of the molecule is CCC(O)(CC)C(C(=O)OCC[N+](C)(CC)CC)C1CCCCC1.[Br-]. The fraction of sp³-hybridized carbons (Fsp3) is 0.950. The van der Waals surface area contributed by atoms with Gasteiger partial charge in [0.25, 0.3) is 0 Å². The summed E-state index contributed by atoms with van der Waals surface area (Å²) in [7, 11) is 2.20. The van der Waals surface area contributed by atoms with E-state index in [4.69, 9.17) is 4.74 Å². The van der Waals surface area contributed by atoms with Gasteiger partial charge in [0.15, 0.2) is 0 Å². The van der Waals surface area contributed by atoms with Crippen LogP contribution in [-0.2, 0) is 9.53 Å². The summed E-state index contributed by atoms with van der Waals surface area (Å²) < 4.78 is 6.60. The van der Waals surface area contributed by atoms with Crippen LogP contribution in [-0.4, -0.2) is 54.4 Å². The molecule has 1 saturated carbocycles. The monoisotopic (exact) mass is 421 g/mol. The smallest absolute Gasteiger partial charge is 0.312 e. The number of likely N-dealkylation sites (N-methyl/N-ethyl adjacent to an activating group) is 1. The van der Waals surface area contributed by atoms with Crippen molar-refractivity contribution in [1.29, 1.82) is 0 Å². The molecule has 1 unspecified atom stereocenters. The van der Waals surface area contributed by atoms with E-state index in [0.717, 1.165) is 37.0 Å². The third kappa shape index (κ3) is 6.84. The van der Waals surface area contributed by atoms with Gasteiger partial charge in [-0.15, -0.1) is 0 Å². The van der Waals surface area contributed by atoms with Crippen LogP contribution in [0.25, 0.3) is 0 Å². The summed E-state index contributed by atoms with van der Waals surface area (Å²) in [5.41, 5.74) is -0.924. The molecule has 0 saturated heterocycles. The Morgan fingerprint density at radius 3 is 2.08 bits per heavy atom.